The number of phenolic OH excluding ortho intramolecular Hbond substituents is 1. The Bertz CT molecular complexity index is 540. The zero-order valence-electron chi connectivity index (χ0n) is 10.5. The number of anilines is 1. The van der Waals surface area contributed by atoms with Crippen molar-refractivity contribution >= 4 is 11.6 Å². The quantitative estimate of drug-likeness (QED) is 0.908. The molecule has 0 radical (unpaired) electrons. The van der Waals surface area contributed by atoms with Crippen molar-refractivity contribution in [3.05, 3.63) is 48.8 Å². The van der Waals surface area contributed by atoms with Gasteiger partial charge in [0.1, 0.15) is 11.5 Å². The Morgan fingerprint density at radius 3 is 2.68 bits per heavy atom. The van der Waals surface area contributed by atoms with Crippen LogP contribution in [0, 0.1) is 0 Å². The highest BCUT2D eigenvalue weighted by Gasteiger charge is 2.11. The number of rotatable bonds is 4. The van der Waals surface area contributed by atoms with Gasteiger partial charge in [-0.15, -0.1) is 0 Å². The molecule has 1 heterocycles. The molecule has 0 bridgehead atoms. The van der Waals surface area contributed by atoms with Crippen LogP contribution in [0.4, 0.5) is 5.69 Å². The van der Waals surface area contributed by atoms with Crippen molar-refractivity contribution in [1.29, 1.82) is 0 Å². The minimum Gasteiger partial charge on any atom is -0.508 e. The van der Waals surface area contributed by atoms with Crippen molar-refractivity contribution in [2.75, 3.05) is 18.6 Å². The molecule has 19 heavy (non-hydrogen) atoms. The normalized spacial score (nSPS) is 9.95. The summed E-state index contributed by atoms with van der Waals surface area (Å²) < 4.78 is 5.33. The molecular weight excluding hydrogens is 244 g/mol. The molecule has 0 atom stereocenters. The van der Waals surface area contributed by atoms with Crippen LogP contribution in [0.2, 0.25) is 0 Å². The van der Waals surface area contributed by atoms with E-state index < -0.39 is 0 Å². The number of aromatic hydroxyl groups is 1. The summed E-state index contributed by atoms with van der Waals surface area (Å²) in [7, 11) is 1.65. The minimum atomic E-state index is -0.186. The van der Waals surface area contributed by atoms with Crippen LogP contribution in [-0.4, -0.2) is 29.7 Å². The Balaban J connectivity index is 1.94. The van der Waals surface area contributed by atoms with Gasteiger partial charge < -0.3 is 14.7 Å². The number of carbonyl (C=O) groups excluding carboxylic acids is 1. The third kappa shape index (κ3) is 3.45. The first-order chi connectivity index (χ1) is 9.16. The molecule has 5 nitrogen and oxygen atoms in total. The van der Waals surface area contributed by atoms with E-state index in [1.807, 2.05) is 0 Å². The molecule has 1 aromatic heterocycles. The number of nitrogens with zero attached hydrogens (tertiary/aromatic N) is 2. The maximum atomic E-state index is 11.9. The number of aromatic nitrogens is 1. The van der Waals surface area contributed by atoms with Crippen molar-refractivity contribution in [2.45, 2.75) is 0 Å². The molecule has 0 fully saturated rings. The zero-order chi connectivity index (χ0) is 13.7. The summed E-state index contributed by atoms with van der Waals surface area (Å²) in [5.41, 5.74) is 0.692. The first-order valence-electron chi connectivity index (χ1n) is 5.75. The van der Waals surface area contributed by atoms with Crippen LogP contribution < -0.4 is 9.64 Å². The molecule has 0 saturated carbocycles. The summed E-state index contributed by atoms with van der Waals surface area (Å²) in [6.45, 7) is -0.0664. The maximum Gasteiger partial charge on any atom is 0.264 e. The summed E-state index contributed by atoms with van der Waals surface area (Å²) in [6, 6.07) is 9.86. The SMILES string of the molecule is CN(C(=O)COc1cccnc1)c1ccc(O)cc1. The lowest BCUT2D eigenvalue weighted by atomic mass is 10.3. The van der Waals surface area contributed by atoms with E-state index in [0.717, 1.165) is 0 Å². The second-order valence-corrected chi connectivity index (χ2v) is 3.95. The number of likely N-dealkylation sites (N-methyl/N-ethyl adjacent to an activating group) is 1. The molecule has 1 amide bonds. The van der Waals surface area contributed by atoms with Crippen molar-refractivity contribution in [2.24, 2.45) is 0 Å². The van der Waals surface area contributed by atoms with Crippen molar-refractivity contribution in [1.82, 2.24) is 4.98 Å². The standard InChI is InChI=1S/C14H14N2O3/c1-16(11-4-6-12(17)7-5-11)14(18)10-19-13-3-2-8-15-9-13/h2-9,17H,10H2,1H3. The first-order valence-corrected chi connectivity index (χ1v) is 5.75. The van der Waals surface area contributed by atoms with Crippen LogP contribution in [-0.2, 0) is 4.79 Å². The molecule has 98 valence electrons. The fourth-order valence-corrected chi connectivity index (χ4v) is 1.49. The van der Waals surface area contributed by atoms with Gasteiger partial charge in [0, 0.05) is 18.9 Å². The molecule has 0 unspecified atom stereocenters. The highest BCUT2D eigenvalue weighted by molar-refractivity contribution is 5.93. The second kappa shape index (κ2) is 5.86. The van der Waals surface area contributed by atoms with Gasteiger partial charge >= 0.3 is 0 Å². The molecule has 1 N–H and O–H groups in total. The molecule has 1 aromatic carbocycles. The average molecular weight is 258 g/mol. The molecule has 0 aliphatic rings. The van der Waals surface area contributed by atoms with Crippen LogP contribution in [0.25, 0.3) is 0 Å². The largest absolute Gasteiger partial charge is 0.508 e. The fourth-order valence-electron chi connectivity index (χ4n) is 1.49. The Labute approximate surface area is 111 Å². The van der Waals surface area contributed by atoms with Crippen molar-refractivity contribution in [3.63, 3.8) is 0 Å². The van der Waals surface area contributed by atoms with Gasteiger partial charge in [0.2, 0.25) is 0 Å². The molecule has 2 rings (SSSR count). The molecule has 2 aromatic rings. The van der Waals surface area contributed by atoms with Crippen molar-refractivity contribution in [3.8, 4) is 11.5 Å². The predicted octanol–water partition coefficient (Wildman–Crippen LogP) is 1.83. The van der Waals surface area contributed by atoms with Gasteiger partial charge in [-0.05, 0) is 36.4 Å². The van der Waals surface area contributed by atoms with E-state index in [4.69, 9.17) is 4.74 Å². The summed E-state index contributed by atoms with van der Waals surface area (Å²) in [6.07, 6.45) is 3.19. The third-order valence-electron chi connectivity index (χ3n) is 2.61. The lowest BCUT2D eigenvalue weighted by Crippen LogP contribution is -2.31. The topological polar surface area (TPSA) is 62.7 Å². The summed E-state index contributed by atoms with van der Waals surface area (Å²) in [5.74, 6) is 0.528. The lowest BCUT2D eigenvalue weighted by Gasteiger charge is -2.17. The maximum absolute atomic E-state index is 11.9. The molecule has 0 aliphatic carbocycles. The summed E-state index contributed by atoms with van der Waals surface area (Å²) >= 11 is 0. The third-order valence-corrected chi connectivity index (χ3v) is 2.61. The van der Waals surface area contributed by atoms with E-state index in [9.17, 15) is 9.90 Å². The van der Waals surface area contributed by atoms with Crippen LogP contribution in [0.1, 0.15) is 0 Å². The van der Waals surface area contributed by atoms with Gasteiger partial charge in [-0.25, -0.2) is 0 Å². The Kier molecular flexibility index (Phi) is 3.97. The first kappa shape index (κ1) is 12.9. The second-order valence-electron chi connectivity index (χ2n) is 3.95. The monoisotopic (exact) mass is 258 g/mol. The Hall–Kier alpha value is -2.56. The number of hydrogen-bond donors (Lipinski definition) is 1. The highest BCUT2D eigenvalue weighted by Crippen LogP contribution is 2.17. The van der Waals surface area contributed by atoms with E-state index >= 15 is 0 Å². The number of carbonyl (C=O) groups is 1. The molecular formula is C14H14N2O3. The van der Waals surface area contributed by atoms with Gasteiger partial charge in [0.15, 0.2) is 6.61 Å². The number of amides is 1. The molecule has 0 aliphatic heterocycles. The average Bonchev–Trinajstić information content (AvgIpc) is 2.46. The molecule has 0 spiro atoms. The number of benzene rings is 1. The van der Waals surface area contributed by atoms with Crippen LogP contribution in [0.3, 0.4) is 0 Å². The zero-order valence-corrected chi connectivity index (χ0v) is 10.5. The van der Waals surface area contributed by atoms with Gasteiger partial charge in [0.25, 0.3) is 5.91 Å². The summed E-state index contributed by atoms with van der Waals surface area (Å²) in [4.78, 5) is 17.3. The van der Waals surface area contributed by atoms with Crippen molar-refractivity contribution < 1.29 is 14.6 Å². The summed E-state index contributed by atoms with van der Waals surface area (Å²) in [5, 5.41) is 9.19. The lowest BCUT2D eigenvalue weighted by molar-refractivity contribution is -0.120. The highest BCUT2D eigenvalue weighted by atomic mass is 16.5. The smallest absolute Gasteiger partial charge is 0.264 e. The van der Waals surface area contributed by atoms with Crippen LogP contribution in [0.5, 0.6) is 11.5 Å². The predicted molar refractivity (Wildman–Crippen MR) is 71.2 cm³/mol. The van der Waals surface area contributed by atoms with Gasteiger partial charge in [-0.3, -0.25) is 9.78 Å². The van der Waals surface area contributed by atoms with Gasteiger partial charge in [0.05, 0.1) is 6.20 Å². The van der Waals surface area contributed by atoms with E-state index in [2.05, 4.69) is 4.98 Å². The van der Waals surface area contributed by atoms with Gasteiger partial charge in [-0.1, -0.05) is 0 Å². The number of hydrogen-bond acceptors (Lipinski definition) is 4. The van der Waals surface area contributed by atoms with E-state index in [0.29, 0.717) is 11.4 Å². The van der Waals surface area contributed by atoms with E-state index in [1.165, 1.54) is 17.0 Å². The fraction of sp³-hybridized carbons (Fsp3) is 0.143. The Morgan fingerprint density at radius 1 is 1.32 bits per heavy atom. The Morgan fingerprint density at radius 2 is 2.05 bits per heavy atom. The number of pyridine rings is 1. The minimum absolute atomic E-state index is 0.0664. The number of phenols is 1. The van der Waals surface area contributed by atoms with Crippen LogP contribution >= 0.6 is 0 Å². The van der Waals surface area contributed by atoms with E-state index in [-0.39, 0.29) is 18.3 Å². The van der Waals surface area contributed by atoms with Crippen LogP contribution in [0.15, 0.2) is 48.8 Å². The number of ether oxygens (including phenoxy) is 1. The molecule has 5 heteroatoms. The van der Waals surface area contributed by atoms with Gasteiger partial charge in [-0.2, -0.15) is 0 Å². The van der Waals surface area contributed by atoms with E-state index in [1.54, 1.807) is 43.7 Å². The molecule has 0 saturated heterocycles.